The summed E-state index contributed by atoms with van der Waals surface area (Å²) in [5, 5.41) is 5.42. The molecule has 4 rings (SSSR count). The lowest BCUT2D eigenvalue weighted by molar-refractivity contribution is -0.161. The second-order valence-electron chi connectivity index (χ2n) is 8.70. The third-order valence-electron chi connectivity index (χ3n) is 6.36. The molecule has 2 aromatic rings. The molecule has 2 saturated heterocycles. The Kier molecular flexibility index (Phi) is 6.99. The molecule has 1 spiro atoms. The maximum Gasteiger partial charge on any atom is 0.254 e. The van der Waals surface area contributed by atoms with Crippen LogP contribution >= 0.6 is 0 Å². The quantitative estimate of drug-likeness (QED) is 0.722. The second-order valence-corrected chi connectivity index (χ2v) is 9.76. The molecule has 1 amide bonds. The van der Waals surface area contributed by atoms with Crippen LogP contribution in [0.5, 0.6) is 0 Å². The van der Waals surface area contributed by atoms with E-state index in [-0.39, 0.29) is 17.6 Å². The number of rotatable bonds is 5. The number of hydrogen-bond acceptors (Lipinski definition) is 5. The number of morpholine rings is 1. The normalized spacial score (nSPS) is 22.4. The molecule has 2 aliphatic rings. The fourth-order valence-electron chi connectivity index (χ4n) is 4.68. The maximum atomic E-state index is 13.0. The Morgan fingerprint density at radius 2 is 1.84 bits per heavy atom. The number of ether oxygens (including phenoxy) is 1. The zero-order valence-corrected chi connectivity index (χ0v) is 18.9. The number of carbonyl (C=O) groups excluding carboxylic acids is 1. The van der Waals surface area contributed by atoms with Gasteiger partial charge < -0.3 is 19.1 Å². The van der Waals surface area contributed by atoms with E-state index in [9.17, 15) is 9.35 Å². The molecule has 2 aromatic carbocycles. The molecule has 7 heteroatoms. The van der Waals surface area contributed by atoms with E-state index in [0.29, 0.717) is 18.0 Å². The van der Waals surface area contributed by atoms with Crippen LogP contribution in [-0.4, -0.2) is 64.7 Å². The van der Waals surface area contributed by atoms with E-state index < -0.39 is 11.4 Å². The van der Waals surface area contributed by atoms with Crippen LogP contribution in [0.4, 0.5) is 0 Å². The number of amides is 1. The number of likely N-dealkylation sites (tertiary alicyclic amines) is 1. The summed E-state index contributed by atoms with van der Waals surface area (Å²) in [6, 6.07) is 17.2. The average molecular weight is 442 g/mol. The monoisotopic (exact) mass is 441 g/mol. The predicted octanol–water partition coefficient (Wildman–Crippen LogP) is 2.61. The molecule has 2 N–H and O–H groups in total. The molecule has 0 radical (unpaired) electrons. The highest BCUT2D eigenvalue weighted by Crippen LogP contribution is 2.33. The first-order valence-corrected chi connectivity index (χ1v) is 12.2. The molecule has 31 heavy (non-hydrogen) atoms. The Hall–Kier alpha value is -1.90. The van der Waals surface area contributed by atoms with Crippen molar-refractivity contribution in [2.24, 2.45) is 5.14 Å². The number of hydrogen-bond donors (Lipinski definition) is 1. The van der Waals surface area contributed by atoms with Gasteiger partial charge in [-0.2, -0.15) is 0 Å². The minimum absolute atomic E-state index is 0.0413. The van der Waals surface area contributed by atoms with Crippen molar-refractivity contribution in [2.45, 2.75) is 42.8 Å². The molecule has 2 aliphatic heterocycles. The van der Waals surface area contributed by atoms with Crippen molar-refractivity contribution in [3.05, 3.63) is 65.7 Å². The molecule has 0 bridgehead atoms. The summed E-state index contributed by atoms with van der Waals surface area (Å²) in [7, 11) is 0. The molecule has 2 heterocycles. The van der Waals surface area contributed by atoms with Gasteiger partial charge in [0.2, 0.25) is 0 Å². The number of carbonyl (C=O) groups is 1. The van der Waals surface area contributed by atoms with Crippen molar-refractivity contribution in [1.29, 1.82) is 0 Å². The Morgan fingerprint density at radius 1 is 1.16 bits per heavy atom. The molecule has 6 nitrogen and oxygen atoms in total. The van der Waals surface area contributed by atoms with Gasteiger partial charge in [-0.15, -0.1) is 5.14 Å². The molecule has 166 valence electrons. The molecular weight excluding hydrogens is 410 g/mol. The third kappa shape index (κ3) is 5.48. The molecule has 0 aliphatic carbocycles. The molecule has 0 aromatic heterocycles. The van der Waals surface area contributed by atoms with Gasteiger partial charge in [-0.1, -0.05) is 30.3 Å². The van der Waals surface area contributed by atoms with Crippen LogP contribution in [0.25, 0.3) is 0 Å². The van der Waals surface area contributed by atoms with E-state index in [0.717, 1.165) is 44.5 Å². The highest BCUT2D eigenvalue weighted by atomic mass is 32.2. The average Bonchev–Trinajstić information content (AvgIpc) is 2.78. The third-order valence-corrected chi connectivity index (χ3v) is 7.09. The van der Waals surface area contributed by atoms with Gasteiger partial charge in [-0.25, -0.2) is 0 Å². The largest absolute Gasteiger partial charge is 0.593 e. The fraction of sp³-hybridized carbons (Fsp3) is 0.458. The zero-order valence-electron chi connectivity index (χ0n) is 18.0. The first-order valence-electron chi connectivity index (χ1n) is 10.9. The summed E-state index contributed by atoms with van der Waals surface area (Å²) >= 11 is -1.43. The van der Waals surface area contributed by atoms with Crippen LogP contribution < -0.4 is 5.14 Å². The van der Waals surface area contributed by atoms with Gasteiger partial charge in [0.15, 0.2) is 4.90 Å². The molecular formula is C24H31N3O3S. The van der Waals surface area contributed by atoms with Crippen molar-refractivity contribution in [3.8, 4) is 0 Å². The molecule has 2 fully saturated rings. The van der Waals surface area contributed by atoms with Gasteiger partial charge in [0.1, 0.15) is 0 Å². The lowest BCUT2D eigenvalue weighted by Crippen LogP contribution is -2.60. The van der Waals surface area contributed by atoms with Crippen molar-refractivity contribution in [3.63, 3.8) is 0 Å². The number of benzene rings is 2. The van der Waals surface area contributed by atoms with E-state index in [2.05, 4.69) is 11.8 Å². The summed E-state index contributed by atoms with van der Waals surface area (Å²) < 4.78 is 17.7. The summed E-state index contributed by atoms with van der Waals surface area (Å²) in [4.78, 5) is 18.1. The first kappa shape index (κ1) is 22.3. The molecule has 2 unspecified atom stereocenters. The van der Waals surface area contributed by atoms with Gasteiger partial charge in [0.05, 0.1) is 29.6 Å². The molecule has 2 atom stereocenters. The zero-order chi connectivity index (χ0) is 21.8. The van der Waals surface area contributed by atoms with Crippen LogP contribution in [0.15, 0.2) is 59.5 Å². The van der Waals surface area contributed by atoms with Crippen molar-refractivity contribution in [2.75, 3.05) is 32.7 Å². The standard InChI is InChI=1S/C24H31N3O3S/c1-19-17-27(23(28)21-5-3-2-4-6-21)18-24(30-19)12-15-26(16-13-24)14-11-20-7-9-22(10-8-20)31(25)29/h2-10,19H,11-18,25H2,1H3. The van der Waals surface area contributed by atoms with Gasteiger partial charge in [0.25, 0.3) is 5.91 Å². The predicted molar refractivity (Wildman–Crippen MR) is 122 cm³/mol. The topological polar surface area (TPSA) is 81.9 Å². The number of piperidine rings is 1. The Labute approximate surface area is 187 Å². The lowest BCUT2D eigenvalue weighted by atomic mass is 9.88. The highest BCUT2D eigenvalue weighted by Gasteiger charge is 2.43. The summed E-state index contributed by atoms with van der Waals surface area (Å²) in [6.45, 7) is 6.27. The minimum Gasteiger partial charge on any atom is -0.593 e. The van der Waals surface area contributed by atoms with Crippen LogP contribution in [0.3, 0.4) is 0 Å². The minimum atomic E-state index is -1.43. The van der Waals surface area contributed by atoms with Crippen LogP contribution in [0.1, 0.15) is 35.7 Å². The van der Waals surface area contributed by atoms with Crippen LogP contribution in [0.2, 0.25) is 0 Å². The van der Waals surface area contributed by atoms with Crippen LogP contribution in [0, 0.1) is 0 Å². The van der Waals surface area contributed by atoms with Crippen molar-refractivity contribution < 1.29 is 14.1 Å². The van der Waals surface area contributed by atoms with Crippen molar-refractivity contribution >= 4 is 17.3 Å². The summed E-state index contributed by atoms with van der Waals surface area (Å²) in [5.74, 6) is 0.0967. The Bertz CT molecular complexity index is 867. The van der Waals surface area contributed by atoms with Gasteiger partial charge in [0, 0.05) is 31.7 Å². The van der Waals surface area contributed by atoms with Gasteiger partial charge in [-0.3, -0.25) is 4.79 Å². The Morgan fingerprint density at radius 3 is 2.48 bits per heavy atom. The number of nitrogens with two attached hydrogens (primary N) is 1. The maximum absolute atomic E-state index is 13.0. The highest BCUT2D eigenvalue weighted by molar-refractivity contribution is 7.89. The van der Waals surface area contributed by atoms with Crippen molar-refractivity contribution in [1.82, 2.24) is 9.80 Å². The van der Waals surface area contributed by atoms with E-state index in [1.165, 1.54) is 5.56 Å². The summed E-state index contributed by atoms with van der Waals surface area (Å²) in [5.41, 5.74) is 1.72. The smallest absolute Gasteiger partial charge is 0.254 e. The lowest BCUT2D eigenvalue weighted by Gasteiger charge is -2.49. The second kappa shape index (κ2) is 9.71. The van der Waals surface area contributed by atoms with Crippen LogP contribution in [-0.2, 0) is 22.5 Å². The van der Waals surface area contributed by atoms with E-state index in [1.54, 1.807) is 0 Å². The first-order chi connectivity index (χ1) is 14.9. The van der Waals surface area contributed by atoms with E-state index in [1.807, 2.05) is 59.5 Å². The van der Waals surface area contributed by atoms with E-state index >= 15 is 0 Å². The molecule has 0 saturated carbocycles. The SMILES string of the molecule is CC1CN(C(=O)c2ccccc2)CC2(CCN(CCc3ccc([S+](N)[O-])cc3)CC2)O1. The fourth-order valence-corrected chi connectivity index (χ4v) is 5.08. The van der Waals surface area contributed by atoms with Gasteiger partial charge in [-0.05, 0) is 56.0 Å². The number of nitrogens with zero attached hydrogens (tertiary/aromatic N) is 2. The Balaban J connectivity index is 1.31. The summed E-state index contributed by atoms with van der Waals surface area (Å²) in [6.07, 6.45) is 2.85. The van der Waals surface area contributed by atoms with E-state index in [4.69, 9.17) is 9.88 Å². The van der Waals surface area contributed by atoms with Gasteiger partial charge >= 0.3 is 0 Å².